The first-order chi connectivity index (χ1) is 15.7. The molecule has 0 amide bonds. The molecule has 12 heteroatoms. The number of benzene rings is 1. The molecule has 1 aromatic carbocycles. The van der Waals surface area contributed by atoms with Crippen molar-refractivity contribution in [2.75, 3.05) is 16.8 Å². The lowest BCUT2D eigenvalue weighted by molar-refractivity contribution is 0.607. The second-order valence-corrected chi connectivity index (χ2v) is 7.21. The van der Waals surface area contributed by atoms with Crippen LogP contribution in [0.15, 0.2) is 35.4 Å². The lowest BCUT2D eigenvalue weighted by Gasteiger charge is -2.21. The van der Waals surface area contributed by atoms with Crippen molar-refractivity contribution < 1.29 is 8.78 Å². The molecule has 1 atom stereocenters. The molecule has 0 fully saturated rings. The van der Waals surface area contributed by atoms with E-state index in [-0.39, 0.29) is 51.1 Å². The van der Waals surface area contributed by atoms with Crippen molar-refractivity contribution in [3.8, 4) is 11.8 Å². The van der Waals surface area contributed by atoms with E-state index in [9.17, 15) is 18.8 Å². The predicted octanol–water partition coefficient (Wildman–Crippen LogP) is 2.37. The summed E-state index contributed by atoms with van der Waals surface area (Å²) in [5.41, 5.74) is 11.3. The normalized spacial score (nSPS) is 11.8. The summed E-state index contributed by atoms with van der Waals surface area (Å²) in [5.74, 6) is -1.37. The largest absolute Gasteiger partial charge is 0.382 e. The molecule has 10 nitrogen and oxygen atoms in total. The number of anilines is 3. The van der Waals surface area contributed by atoms with Gasteiger partial charge in [-0.05, 0) is 32.0 Å². The van der Waals surface area contributed by atoms with Crippen LogP contribution < -0.4 is 22.3 Å². The van der Waals surface area contributed by atoms with E-state index < -0.39 is 23.2 Å². The maximum absolute atomic E-state index is 14.3. The molecule has 0 aliphatic carbocycles. The van der Waals surface area contributed by atoms with Crippen LogP contribution >= 0.6 is 0 Å². The third kappa shape index (κ3) is 3.76. The van der Waals surface area contributed by atoms with E-state index in [0.29, 0.717) is 0 Å². The Bertz CT molecular complexity index is 1510. The molecule has 0 unspecified atom stereocenters. The highest BCUT2D eigenvalue weighted by Gasteiger charge is 2.22. The molecule has 0 saturated heterocycles. The van der Waals surface area contributed by atoms with Crippen molar-refractivity contribution >= 4 is 28.5 Å². The van der Waals surface area contributed by atoms with Gasteiger partial charge in [0.2, 0.25) is 5.95 Å². The van der Waals surface area contributed by atoms with E-state index in [1.807, 2.05) is 6.07 Å². The Morgan fingerprint density at radius 3 is 2.67 bits per heavy atom. The van der Waals surface area contributed by atoms with E-state index in [2.05, 4.69) is 25.3 Å². The number of hydrogen-bond donors (Lipinski definition) is 3. The predicted molar refractivity (Wildman–Crippen MR) is 117 cm³/mol. The summed E-state index contributed by atoms with van der Waals surface area (Å²) in [6.07, 6.45) is 2.33. The Hall–Kier alpha value is -4.66. The fourth-order valence-electron chi connectivity index (χ4n) is 3.39. The number of halogens is 2. The third-order valence-corrected chi connectivity index (χ3v) is 5.03. The van der Waals surface area contributed by atoms with Gasteiger partial charge in [0.1, 0.15) is 34.9 Å². The summed E-state index contributed by atoms with van der Waals surface area (Å²) in [6, 6.07) is 4.73. The molecule has 0 aliphatic heterocycles. The lowest BCUT2D eigenvalue weighted by atomic mass is 10.1. The fourth-order valence-corrected chi connectivity index (χ4v) is 3.39. The maximum atomic E-state index is 14.3. The van der Waals surface area contributed by atoms with Crippen LogP contribution in [0.25, 0.3) is 16.6 Å². The van der Waals surface area contributed by atoms with E-state index in [1.54, 1.807) is 6.92 Å². The van der Waals surface area contributed by atoms with Gasteiger partial charge < -0.3 is 16.8 Å². The quantitative estimate of drug-likeness (QED) is 0.424. The minimum absolute atomic E-state index is 0.00264. The van der Waals surface area contributed by atoms with Gasteiger partial charge in [-0.25, -0.2) is 13.8 Å². The highest BCUT2D eigenvalue weighted by atomic mass is 19.1. The summed E-state index contributed by atoms with van der Waals surface area (Å²) in [4.78, 5) is 29.5. The molecule has 4 rings (SSSR count). The van der Waals surface area contributed by atoms with Crippen LogP contribution in [-0.2, 0) is 0 Å². The molecule has 0 saturated carbocycles. The number of hydrogen-bond acceptors (Lipinski definition) is 9. The molecule has 166 valence electrons. The molecule has 0 spiro atoms. The van der Waals surface area contributed by atoms with Gasteiger partial charge in [0.15, 0.2) is 5.82 Å². The van der Waals surface area contributed by atoms with Crippen molar-refractivity contribution in [1.82, 2.24) is 24.5 Å². The Morgan fingerprint density at radius 1 is 1.18 bits per heavy atom. The first-order valence-electron chi connectivity index (χ1n) is 9.63. The van der Waals surface area contributed by atoms with Gasteiger partial charge >= 0.3 is 0 Å². The second-order valence-electron chi connectivity index (χ2n) is 7.21. The number of fused-ring (bicyclic) bond motifs is 1. The summed E-state index contributed by atoms with van der Waals surface area (Å²) < 4.78 is 29.3. The van der Waals surface area contributed by atoms with Gasteiger partial charge in [-0.15, -0.1) is 0 Å². The second kappa shape index (κ2) is 8.12. The van der Waals surface area contributed by atoms with Crippen LogP contribution in [0.5, 0.6) is 0 Å². The van der Waals surface area contributed by atoms with Crippen LogP contribution in [0, 0.1) is 29.9 Å². The molecular formula is C21H17F2N9O. The zero-order chi connectivity index (χ0) is 23.9. The number of pyridine rings is 1. The van der Waals surface area contributed by atoms with Crippen LogP contribution in [0.3, 0.4) is 0 Å². The van der Waals surface area contributed by atoms with Gasteiger partial charge in [0.05, 0.1) is 35.0 Å². The van der Waals surface area contributed by atoms with E-state index in [4.69, 9.17) is 11.5 Å². The summed E-state index contributed by atoms with van der Waals surface area (Å²) in [5, 5.41) is 12.4. The van der Waals surface area contributed by atoms with Gasteiger partial charge in [-0.3, -0.25) is 14.3 Å². The highest BCUT2D eigenvalue weighted by molar-refractivity contribution is 5.78. The Morgan fingerprint density at radius 2 is 1.94 bits per heavy atom. The number of rotatable bonds is 4. The van der Waals surface area contributed by atoms with Gasteiger partial charge in [0.25, 0.3) is 5.56 Å². The van der Waals surface area contributed by atoms with Gasteiger partial charge in [0, 0.05) is 5.56 Å². The smallest absolute Gasteiger partial charge is 0.266 e. The fraction of sp³-hybridized carbons (Fsp3) is 0.143. The van der Waals surface area contributed by atoms with Gasteiger partial charge in [-0.2, -0.15) is 15.2 Å². The lowest BCUT2D eigenvalue weighted by Crippen LogP contribution is -2.28. The van der Waals surface area contributed by atoms with Crippen molar-refractivity contribution in [2.24, 2.45) is 0 Å². The van der Waals surface area contributed by atoms with Crippen LogP contribution in [0.1, 0.15) is 29.9 Å². The number of nitrogens with zero attached hydrogens (tertiary/aromatic N) is 6. The third-order valence-electron chi connectivity index (χ3n) is 5.03. The van der Waals surface area contributed by atoms with Crippen molar-refractivity contribution in [1.29, 1.82) is 5.26 Å². The zero-order valence-electron chi connectivity index (χ0n) is 17.5. The number of nitrogen functional groups attached to an aromatic ring is 2. The molecule has 0 bridgehead atoms. The number of nitrogens with two attached hydrogens (primary N) is 2. The Kier molecular flexibility index (Phi) is 5.31. The SMILES string of the molecule is Cc1c(F)cncc1-n1c([C@H](C)Nc2nc(N)nc(N)c2C#N)nc2ccc(F)cc2c1=O. The molecule has 5 N–H and O–H groups in total. The first kappa shape index (κ1) is 21.6. The van der Waals surface area contributed by atoms with Gasteiger partial charge in [-0.1, -0.05) is 0 Å². The molecule has 3 heterocycles. The minimum atomic E-state index is -0.768. The zero-order valence-corrected chi connectivity index (χ0v) is 17.5. The highest BCUT2D eigenvalue weighted by Crippen LogP contribution is 2.26. The molecule has 0 aliphatic rings. The Labute approximate surface area is 185 Å². The molecule has 3 aromatic heterocycles. The number of nitrogens with one attached hydrogen (secondary N) is 1. The molecule has 4 aromatic rings. The molecule has 33 heavy (non-hydrogen) atoms. The topological polar surface area (TPSA) is 161 Å². The summed E-state index contributed by atoms with van der Waals surface area (Å²) in [7, 11) is 0. The van der Waals surface area contributed by atoms with Crippen LogP contribution in [0.2, 0.25) is 0 Å². The van der Waals surface area contributed by atoms with E-state index in [0.717, 1.165) is 16.8 Å². The number of nitriles is 1. The van der Waals surface area contributed by atoms with Crippen molar-refractivity contribution in [3.63, 3.8) is 0 Å². The van der Waals surface area contributed by atoms with E-state index in [1.165, 1.54) is 25.3 Å². The first-order valence-corrected chi connectivity index (χ1v) is 9.63. The maximum Gasteiger partial charge on any atom is 0.266 e. The average molecular weight is 449 g/mol. The minimum Gasteiger partial charge on any atom is -0.382 e. The monoisotopic (exact) mass is 449 g/mol. The van der Waals surface area contributed by atoms with Crippen molar-refractivity contribution in [3.05, 3.63) is 69.5 Å². The summed E-state index contributed by atoms with van der Waals surface area (Å²) in [6.45, 7) is 3.13. The Balaban J connectivity index is 1.97. The molecule has 0 radical (unpaired) electrons. The van der Waals surface area contributed by atoms with Crippen LogP contribution in [0.4, 0.5) is 26.4 Å². The number of aromatic nitrogens is 5. The van der Waals surface area contributed by atoms with Crippen LogP contribution in [-0.4, -0.2) is 24.5 Å². The molecular weight excluding hydrogens is 432 g/mol. The standard InChI is InChI=1S/C21H17F2N9O/c1-9-14(23)7-27-8-16(9)32-19(29-15-4-3-11(22)5-12(15)20(32)33)10(2)28-18-13(6-24)17(25)30-21(26)31-18/h3-5,7-8,10H,1-2H3,(H5,25,26,28,30,31)/t10-/m0/s1. The van der Waals surface area contributed by atoms with E-state index >= 15 is 0 Å². The summed E-state index contributed by atoms with van der Waals surface area (Å²) >= 11 is 0. The average Bonchev–Trinajstić information content (AvgIpc) is 2.76. The van der Waals surface area contributed by atoms with Crippen molar-refractivity contribution in [2.45, 2.75) is 19.9 Å².